The minimum atomic E-state index is 0.100. The number of hydrogen-bond donors (Lipinski definition) is 3. The maximum Gasteiger partial charge on any atom is 0.204 e. The first-order valence-corrected chi connectivity index (χ1v) is 7.71. The summed E-state index contributed by atoms with van der Waals surface area (Å²) in [5, 5.41) is 24.1. The summed E-state index contributed by atoms with van der Waals surface area (Å²) in [6, 6.07) is 5.38. The predicted molar refractivity (Wildman–Crippen MR) is 86.5 cm³/mol. The molecule has 0 radical (unpaired) electrons. The van der Waals surface area contributed by atoms with Gasteiger partial charge in [0.15, 0.2) is 11.5 Å². The third-order valence-electron chi connectivity index (χ3n) is 4.83. The van der Waals surface area contributed by atoms with Crippen molar-refractivity contribution >= 4 is 0 Å². The summed E-state index contributed by atoms with van der Waals surface area (Å²) in [5.41, 5.74) is 4.93. The number of phenolic OH excluding ortho intramolecular Hbond substituents is 2. The van der Waals surface area contributed by atoms with Gasteiger partial charge in [-0.25, -0.2) is 0 Å². The van der Waals surface area contributed by atoms with Gasteiger partial charge < -0.3 is 25.0 Å². The lowest BCUT2D eigenvalue weighted by Crippen LogP contribution is -2.34. The van der Waals surface area contributed by atoms with E-state index in [-0.39, 0.29) is 17.5 Å². The number of methoxy groups -OCH3 is 2. The summed E-state index contributed by atoms with van der Waals surface area (Å²) in [7, 11) is 3.14. The lowest BCUT2D eigenvalue weighted by atomic mass is 9.77. The van der Waals surface area contributed by atoms with Crippen molar-refractivity contribution in [3.8, 4) is 34.1 Å². The highest BCUT2D eigenvalue weighted by Gasteiger charge is 2.36. The van der Waals surface area contributed by atoms with Crippen molar-refractivity contribution in [3.63, 3.8) is 0 Å². The average molecular weight is 313 g/mol. The summed E-state index contributed by atoms with van der Waals surface area (Å²) in [4.78, 5) is 0. The monoisotopic (exact) mass is 313 g/mol. The summed E-state index contributed by atoms with van der Waals surface area (Å²) < 4.78 is 11.0. The number of fused-ring (bicyclic) bond motifs is 2. The highest BCUT2D eigenvalue weighted by Crippen LogP contribution is 2.55. The van der Waals surface area contributed by atoms with Crippen molar-refractivity contribution in [1.82, 2.24) is 5.32 Å². The van der Waals surface area contributed by atoms with E-state index in [0.29, 0.717) is 11.5 Å². The van der Waals surface area contributed by atoms with E-state index in [9.17, 15) is 10.2 Å². The van der Waals surface area contributed by atoms with Gasteiger partial charge in [0, 0.05) is 17.2 Å². The Balaban J connectivity index is 2.10. The molecule has 1 heterocycles. The van der Waals surface area contributed by atoms with Crippen LogP contribution in [0.4, 0.5) is 0 Å². The Morgan fingerprint density at radius 2 is 1.91 bits per heavy atom. The molecule has 0 aromatic heterocycles. The van der Waals surface area contributed by atoms with Crippen LogP contribution in [0.15, 0.2) is 18.2 Å². The molecule has 1 aliphatic carbocycles. The number of benzene rings is 2. The molecule has 1 aliphatic heterocycles. The molecular weight excluding hydrogens is 294 g/mol. The van der Waals surface area contributed by atoms with Crippen LogP contribution in [-0.2, 0) is 12.8 Å². The van der Waals surface area contributed by atoms with Gasteiger partial charge in [0.2, 0.25) is 5.75 Å². The molecule has 2 aliphatic rings. The molecule has 0 saturated carbocycles. The Labute approximate surface area is 134 Å². The highest BCUT2D eigenvalue weighted by atomic mass is 16.5. The third kappa shape index (κ3) is 1.90. The number of rotatable bonds is 2. The lowest BCUT2D eigenvalue weighted by Gasteiger charge is -2.36. The van der Waals surface area contributed by atoms with Gasteiger partial charge >= 0.3 is 0 Å². The first-order valence-electron chi connectivity index (χ1n) is 7.71. The molecule has 0 amide bonds. The van der Waals surface area contributed by atoms with E-state index in [1.165, 1.54) is 7.11 Å². The van der Waals surface area contributed by atoms with Crippen LogP contribution in [0.2, 0.25) is 0 Å². The van der Waals surface area contributed by atoms with E-state index in [0.717, 1.165) is 47.2 Å². The summed E-state index contributed by atoms with van der Waals surface area (Å²) in [5.74, 6) is 1.34. The molecule has 2 aromatic rings. The van der Waals surface area contributed by atoms with Crippen molar-refractivity contribution in [1.29, 1.82) is 0 Å². The van der Waals surface area contributed by atoms with E-state index < -0.39 is 0 Å². The first kappa shape index (κ1) is 14.2. The van der Waals surface area contributed by atoms with E-state index in [1.807, 2.05) is 6.07 Å². The van der Waals surface area contributed by atoms with Crippen molar-refractivity contribution in [2.24, 2.45) is 0 Å². The van der Waals surface area contributed by atoms with Crippen molar-refractivity contribution < 1.29 is 19.7 Å². The molecule has 3 N–H and O–H groups in total. The zero-order valence-corrected chi connectivity index (χ0v) is 13.1. The Morgan fingerprint density at radius 3 is 2.65 bits per heavy atom. The Kier molecular flexibility index (Phi) is 3.13. The number of nitrogens with one attached hydrogen (secondary N) is 1. The maximum atomic E-state index is 10.8. The second kappa shape index (κ2) is 5.06. The van der Waals surface area contributed by atoms with Gasteiger partial charge in [-0.1, -0.05) is 6.07 Å². The fourth-order valence-corrected chi connectivity index (χ4v) is 3.93. The quantitative estimate of drug-likeness (QED) is 0.795. The fourth-order valence-electron chi connectivity index (χ4n) is 3.93. The van der Waals surface area contributed by atoms with Gasteiger partial charge in [-0.2, -0.15) is 0 Å². The van der Waals surface area contributed by atoms with Crippen LogP contribution in [0.3, 0.4) is 0 Å². The van der Waals surface area contributed by atoms with E-state index in [4.69, 9.17) is 9.47 Å². The van der Waals surface area contributed by atoms with E-state index in [1.54, 1.807) is 19.2 Å². The van der Waals surface area contributed by atoms with Crippen molar-refractivity contribution in [2.75, 3.05) is 20.8 Å². The van der Waals surface area contributed by atoms with Crippen LogP contribution >= 0.6 is 0 Å². The summed E-state index contributed by atoms with van der Waals surface area (Å²) in [6.45, 7) is 0.843. The largest absolute Gasteiger partial charge is 0.508 e. The minimum Gasteiger partial charge on any atom is -0.508 e. The number of phenols is 2. The molecule has 2 aromatic carbocycles. The zero-order valence-electron chi connectivity index (χ0n) is 13.1. The zero-order chi connectivity index (χ0) is 16.1. The number of hydrogen-bond acceptors (Lipinski definition) is 5. The smallest absolute Gasteiger partial charge is 0.204 e. The third-order valence-corrected chi connectivity index (χ3v) is 4.83. The maximum absolute atomic E-state index is 10.8. The van der Waals surface area contributed by atoms with E-state index >= 15 is 0 Å². The van der Waals surface area contributed by atoms with Crippen LogP contribution in [0.1, 0.15) is 22.7 Å². The number of ether oxygens (including phenoxy) is 2. The molecule has 0 fully saturated rings. The summed E-state index contributed by atoms with van der Waals surface area (Å²) >= 11 is 0. The molecule has 120 valence electrons. The Bertz CT molecular complexity index is 800. The second-order valence-corrected chi connectivity index (χ2v) is 5.98. The normalized spacial score (nSPS) is 18.1. The molecule has 0 spiro atoms. The molecule has 5 heteroatoms. The van der Waals surface area contributed by atoms with Gasteiger partial charge in [-0.3, -0.25) is 0 Å². The SMILES string of the molecule is COc1c(O)c2c3c(c1OC)CCN[C@H]3Cc1cc(O)ccc1-2. The van der Waals surface area contributed by atoms with Crippen LogP contribution in [0.5, 0.6) is 23.0 Å². The molecule has 4 rings (SSSR count). The van der Waals surface area contributed by atoms with Crippen LogP contribution < -0.4 is 14.8 Å². The van der Waals surface area contributed by atoms with Crippen LogP contribution in [-0.4, -0.2) is 31.0 Å². The summed E-state index contributed by atoms with van der Waals surface area (Å²) in [6.07, 6.45) is 1.60. The molecule has 1 atom stereocenters. The topological polar surface area (TPSA) is 71.0 Å². The minimum absolute atomic E-state index is 0.100. The Hall–Kier alpha value is -2.40. The second-order valence-electron chi connectivity index (χ2n) is 5.98. The fraction of sp³-hybridized carbons (Fsp3) is 0.333. The first-order chi connectivity index (χ1) is 11.2. The average Bonchev–Trinajstić information content (AvgIpc) is 2.56. The standard InChI is InChI=1S/C18H19NO4/c1-22-17-12-5-6-19-13-8-9-7-10(20)3-4-11(9)15(14(12)13)16(21)18(17)23-2/h3-4,7,13,19-21H,5-6,8H2,1-2H3/t13-/m0/s1. The van der Waals surface area contributed by atoms with Crippen molar-refractivity contribution in [3.05, 3.63) is 34.9 Å². The van der Waals surface area contributed by atoms with Gasteiger partial charge in [0.05, 0.1) is 14.2 Å². The molecular formula is C18H19NO4. The molecule has 0 saturated heterocycles. The van der Waals surface area contributed by atoms with E-state index in [2.05, 4.69) is 5.32 Å². The predicted octanol–water partition coefficient (Wildman–Crippen LogP) is 2.52. The van der Waals surface area contributed by atoms with Gasteiger partial charge in [-0.15, -0.1) is 0 Å². The highest BCUT2D eigenvalue weighted by molar-refractivity contribution is 5.85. The van der Waals surface area contributed by atoms with Gasteiger partial charge in [0.25, 0.3) is 0 Å². The Morgan fingerprint density at radius 1 is 1.13 bits per heavy atom. The number of aromatic hydroxyl groups is 2. The molecule has 23 heavy (non-hydrogen) atoms. The molecule has 0 bridgehead atoms. The van der Waals surface area contributed by atoms with Crippen LogP contribution in [0.25, 0.3) is 11.1 Å². The molecule has 5 nitrogen and oxygen atoms in total. The van der Waals surface area contributed by atoms with Gasteiger partial charge in [-0.05, 0) is 48.2 Å². The van der Waals surface area contributed by atoms with Crippen LogP contribution in [0, 0.1) is 0 Å². The van der Waals surface area contributed by atoms with Gasteiger partial charge in [0.1, 0.15) is 5.75 Å². The molecule has 0 unspecified atom stereocenters. The lowest BCUT2D eigenvalue weighted by molar-refractivity contribution is 0.326. The van der Waals surface area contributed by atoms with Crippen molar-refractivity contribution in [2.45, 2.75) is 18.9 Å².